The quantitative estimate of drug-likeness (QED) is 0.777. The van der Waals surface area contributed by atoms with Crippen molar-refractivity contribution < 1.29 is 23.4 Å². The summed E-state index contributed by atoms with van der Waals surface area (Å²) in [5.41, 5.74) is 0.766. The first-order valence-electron chi connectivity index (χ1n) is 8.13. The number of aromatic nitrogens is 1. The van der Waals surface area contributed by atoms with Gasteiger partial charge in [-0.1, -0.05) is 13.0 Å². The summed E-state index contributed by atoms with van der Waals surface area (Å²) in [5.74, 6) is 0.478. The van der Waals surface area contributed by atoms with Crippen LogP contribution in [0.4, 0.5) is 13.2 Å². The van der Waals surface area contributed by atoms with Gasteiger partial charge in [-0.15, -0.1) is 0 Å². The lowest BCUT2D eigenvalue weighted by Gasteiger charge is -2.40. The Morgan fingerprint density at radius 2 is 1.79 bits per heavy atom. The van der Waals surface area contributed by atoms with Crippen LogP contribution in [0.15, 0.2) is 24.3 Å². The van der Waals surface area contributed by atoms with Crippen molar-refractivity contribution in [2.75, 3.05) is 0 Å². The third kappa shape index (κ3) is 2.05. The van der Waals surface area contributed by atoms with Crippen molar-refractivity contribution in [1.29, 1.82) is 0 Å². The molecule has 0 radical (unpaired) electrons. The van der Waals surface area contributed by atoms with Crippen LogP contribution >= 0.6 is 0 Å². The molecule has 2 N–H and O–H groups in total. The molecule has 0 spiro atoms. The van der Waals surface area contributed by atoms with E-state index in [2.05, 4.69) is 6.92 Å². The van der Waals surface area contributed by atoms with E-state index in [1.54, 1.807) is 0 Å². The Morgan fingerprint density at radius 1 is 1.08 bits per heavy atom. The minimum Gasteiger partial charge on any atom is -0.494 e. The van der Waals surface area contributed by atoms with Crippen LogP contribution < -0.4 is 0 Å². The van der Waals surface area contributed by atoms with Crippen molar-refractivity contribution in [3.05, 3.63) is 41.0 Å². The monoisotopic (exact) mass is 337 g/mol. The number of nitrogens with zero attached hydrogens (tertiary/aromatic N) is 1. The van der Waals surface area contributed by atoms with E-state index in [1.807, 2.05) is 0 Å². The summed E-state index contributed by atoms with van der Waals surface area (Å²) in [6.07, 6.45) is -1.64. The SMILES string of the molecule is CC1CC2CCC1c1c2c(O)n(-c2cccc(C(F)(F)F)c2)c1O. The molecule has 3 aliphatic carbocycles. The van der Waals surface area contributed by atoms with E-state index < -0.39 is 11.7 Å². The molecular weight excluding hydrogens is 319 g/mol. The van der Waals surface area contributed by atoms with E-state index in [1.165, 1.54) is 12.1 Å². The number of alkyl halides is 3. The van der Waals surface area contributed by atoms with E-state index >= 15 is 0 Å². The molecule has 0 saturated heterocycles. The van der Waals surface area contributed by atoms with Crippen molar-refractivity contribution in [3.8, 4) is 17.4 Å². The standard InChI is InChI=1S/C18H18F3NO2/c1-9-7-10-5-6-13(9)15-14(10)16(23)22(17(15)24)12-4-2-3-11(8-12)18(19,20)21/h2-4,8-10,13,23-24H,5-7H2,1H3. The van der Waals surface area contributed by atoms with Crippen molar-refractivity contribution in [3.63, 3.8) is 0 Å². The van der Waals surface area contributed by atoms with E-state index in [9.17, 15) is 23.4 Å². The second kappa shape index (κ2) is 4.94. The summed E-state index contributed by atoms with van der Waals surface area (Å²) in [6, 6.07) is 4.68. The molecule has 3 unspecified atom stereocenters. The molecule has 1 fully saturated rings. The second-order valence-corrected chi connectivity index (χ2v) is 6.95. The summed E-state index contributed by atoms with van der Waals surface area (Å²) in [5, 5.41) is 21.3. The molecule has 0 aliphatic heterocycles. The van der Waals surface area contributed by atoms with Gasteiger partial charge in [-0.25, -0.2) is 0 Å². The minimum absolute atomic E-state index is 0.122. The van der Waals surface area contributed by atoms with Crippen LogP contribution in [-0.2, 0) is 6.18 Å². The first-order chi connectivity index (χ1) is 11.3. The third-order valence-corrected chi connectivity index (χ3v) is 5.58. The number of hydrogen-bond acceptors (Lipinski definition) is 2. The second-order valence-electron chi connectivity index (χ2n) is 6.95. The van der Waals surface area contributed by atoms with Crippen LogP contribution in [0, 0.1) is 5.92 Å². The van der Waals surface area contributed by atoms with Crippen LogP contribution in [0.5, 0.6) is 11.8 Å². The lowest BCUT2D eigenvalue weighted by Crippen LogP contribution is -2.27. The largest absolute Gasteiger partial charge is 0.494 e. The van der Waals surface area contributed by atoms with Gasteiger partial charge in [0.25, 0.3) is 0 Å². The molecule has 2 bridgehead atoms. The molecule has 3 atom stereocenters. The number of benzene rings is 1. The predicted octanol–water partition coefficient (Wildman–Crippen LogP) is 4.91. The predicted molar refractivity (Wildman–Crippen MR) is 82.6 cm³/mol. The molecule has 6 heteroatoms. The maximum atomic E-state index is 13.0. The Bertz CT molecular complexity index is 809. The van der Waals surface area contributed by atoms with E-state index in [0.29, 0.717) is 5.92 Å². The highest BCUT2D eigenvalue weighted by Gasteiger charge is 2.44. The first-order valence-corrected chi connectivity index (χ1v) is 8.13. The van der Waals surface area contributed by atoms with Crippen molar-refractivity contribution in [2.24, 2.45) is 5.92 Å². The molecule has 1 aromatic heterocycles. The maximum Gasteiger partial charge on any atom is 0.416 e. The van der Waals surface area contributed by atoms with Gasteiger partial charge in [0, 0.05) is 11.1 Å². The minimum atomic E-state index is -4.47. The smallest absolute Gasteiger partial charge is 0.416 e. The third-order valence-electron chi connectivity index (χ3n) is 5.58. The molecule has 2 aromatic rings. The lowest BCUT2D eigenvalue weighted by atomic mass is 9.63. The topological polar surface area (TPSA) is 45.4 Å². The van der Waals surface area contributed by atoms with Gasteiger partial charge in [0.15, 0.2) is 0 Å². The Morgan fingerprint density at radius 3 is 2.46 bits per heavy atom. The van der Waals surface area contributed by atoms with Gasteiger partial charge in [0.1, 0.15) is 0 Å². The molecule has 128 valence electrons. The van der Waals surface area contributed by atoms with Crippen molar-refractivity contribution >= 4 is 0 Å². The summed E-state index contributed by atoms with van der Waals surface area (Å²) in [6.45, 7) is 2.12. The fourth-order valence-corrected chi connectivity index (χ4v) is 4.50. The summed E-state index contributed by atoms with van der Waals surface area (Å²) >= 11 is 0. The summed E-state index contributed by atoms with van der Waals surface area (Å²) in [4.78, 5) is 0. The zero-order valence-electron chi connectivity index (χ0n) is 13.1. The summed E-state index contributed by atoms with van der Waals surface area (Å²) in [7, 11) is 0. The Labute approximate surface area is 137 Å². The van der Waals surface area contributed by atoms with E-state index in [-0.39, 0.29) is 29.3 Å². The Hall–Kier alpha value is -2.11. The van der Waals surface area contributed by atoms with Crippen LogP contribution in [0.3, 0.4) is 0 Å². The highest BCUT2D eigenvalue weighted by molar-refractivity contribution is 5.58. The zero-order valence-corrected chi connectivity index (χ0v) is 13.1. The lowest BCUT2D eigenvalue weighted by molar-refractivity contribution is -0.137. The highest BCUT2D eigenvalue weighted by atomic mass is 19.4. The Kier molecular flexibility index (Phi) is 3.18. The average Bonchev–Trinajstić information content (AvgIpc) is 2.80. The number of fused-ring (bicyclic) bond motifs is 2. The van der Waals surface area contributed by atoms with Crippen LogP contribution in [0.2, 0.25) is 0 Å². The molecule has 1 heterocycles. The van der Waals surface area contributed by atoms with Gasteiger partial charge < -0.3 is 10.2 Å². The van der Waals surface area contributed by atoms with Gasteiger partial charge >= 0.3 is 6.18 Å². The molecule has 5 rings (SSSR count). The van der Waals surface area contributed by atoms with Crippen molar-refractivity contribution in [1.82, 2.24) is 4.57 Å². The fourth-order valence-electron chi connectivity index (χ4n) is 4.50. The van der Waals surface area contributed by atoms with Gasteiger partial charge in [0.2, 0.25) is 11.8 Å². The number of hydrogen-bond donors (Lipinski definition) is 2. The zero-order chi connectivity index (χ0) is 17.2. The molecular formula is C18H18F3NO2. The fraction of sp³-hybridized carbons (Fsp3) is 0.444. The maximum absolute atomic E-state index is 13.0. The molecule has 1 saturated carbocycles. The molecule has 3 aliphatic rings. The molecule has 3 nitrogen and oxygen atoms in total. The molecule has 0 amide bonds. The highest BCUT2D eigenvalue weighted by Crippen LogP contribution is 2.59. The van der Waals surface area contributed by atoms with Crippen LogP contribution in [-0.4, -0.2) is 14.8 Å². The van der Waals surface area contributed by atoms with Crippen LogP contribution in [0.1, 0.15) is 54.7 Å². The van der Waals surface area contributed by atoms with Gasteiger partial charge in [0.05, 0.1) is 11.3 Å². The van der Waals surface area contributed by atoms with Gasteiger partial charge in [-0.2, -0.15) is 13.2 Å². The number of rotatable bonds is 1. The van der Waals surface area contributed by atoms with E-state index in [4.69, 9.17) is 0 Å². The van der Waals surface area contributed by atoms with Gasteiger partial charge in [-0.05, 0) is 55.2 Å². The Balaban J connectivity index is 1.90. The average molecular weight is 337 g/mol. The van der Waals surface area contributed by atoms with Crippen LogP contribution in [0.25, 0.3) is 5.69 Å². The normalized spacial score (nSPS) is 25.8. The number of aromatic hydroxyl groups is 2. The van der Waals surface area contributed by atoms with Crippen molar-refractivity contribution in [2.45, 2.75) is 44.2 Å². The first kappa shape index (κ1) is 15.4. The molecule has 1 aromatic carbocycles. The summed E-state index contributed by atoms with van der Waals surface area (Å²) < 4.78 is 40.0. The number of halogens is 3. The molecule has 24 heavy (non-hydrogen) atoms. The van der Waals surface area contributed by atoms with E-state index in [0.717, 1.165) is 47.1 Å². The van der Waals surface area contributed by atoms with Gasteiger partial charge in [-0.3, -0.25) is 4.57 Å².